The highest BCUT2D eigenvalue weighted by Crippen LogP contribution is 2.36. The maximum absolute atomic E-state index is 11.5. The number of hydrogen-bond donors (Lipinski definition) is 0. The van der Waals surface area contributed by atoms with Gasteiger partial charge >= 0.3 is 0 Å². The summed E-state index contributed by atoms with van der Waals surface area (Å²) in [5.74, 6) is 0.889. The molecular formula is C15H16O4. The van der Waals surface area contributed by atoms with Crippen LogP contribution in [-0.2, 0) is 20.9 Å². The lowest BCUT2D eigenvalue weighted by molar-refractivity contribution is -0.116. The molecule has 0 amide bonds. The maximum Gasteiger partial charge on any atom is 0.187 e. The molecule has 3 rings (SSSR count). The lowest BCUT2D eigenvalue weighted by Crippen LogP contribution is -2.29. The van der Waals surface area contributed by atoms with Crippen molar-refractivity contribution in [1.82, 2.24) is 0 Å². The van der Waals surface area contributed by atoms with E-state index < -0.39 is 0 Å². The number of carbonyl (C=O) groups excluding carboxylic acids is 1. The third-order valence-electron chi connectivity index (χ3n) is 3.51. The van der Waals surface area contributed by atoms with Gasteiger partial charge in [0.1, 0.15) is 24.1 Å². The standard InChI is InChI=1S/C15H16O4/c1-9-7-12(16)14-15(19-14)13(9)18-8-10-3-5-11(17-2)6-4-10/h3-7,13-15H,8H2,1-2H3/t13-,14+,15-/m1/s1. The van der Waals surface area contributed by atoms with Crippen LogP contribution in [0.25, 0.3) is 0 Å². The first kappa shape index (κ1) is 12.4. The summed E-state index contributed by atoms with van der Waals surface area (Å²) in [6.07, 6.45) is 1.16. The Kier molecular flexibility index (Phi) is 3.12. The number of ketones is 1. The Labute approximate surface area is 112 Å². The number of methoxy groups -OCH3 is 1. The topological polar surface area (TPSA) is 48.1 Å². The fourth-order valence-corrected chi connectivity index (χ4v) is 2.36. The Balaban J connectivity index is 1.63. The average molecular weight is 260 g/mol. The van der Waals surface area contributed by atoms with Gasteiger partial charge in [-0.2, -0.15) is 0 Å². The number of carbonyl (C=O) groups is 1. The van der Waals surface area contributed by atoms with Crippen molar-refractivity contribution in [2.24, 2.45) is 0 Å². The molecule has 1 saturated heterocycles. The van der Waals surface area contributed by atoms with E-state index in [4.69, 9.17) is 14.2 Å². The molecule has 0 spiro atoms. The Morgan fingerprint density at radius 3 is 2.68 bits per heavy atom. The van der Waals surface area contributed by atoms with Crippen molar-refractivity contribution in [1.29, 1.82) is 0 Å². The molecule has 4 heteroatoms. The predicted octanol–water partition coefficient (Wildman–Crippen LogP) is 1.88. The maximum atomic E-state index is 11.5. The van der Waals surface area contributed by atoms with Gasteiger partial charge in [-0.1, -0.05) is 12.1 Å². The normalized spacial score (nSPS) is 28.6. The summed E-state index contributed by atoms with van der Waals surface area (Å²) in [5, 5.41) is 0. The summed E-state index contributed by atoms with van der Waals surface area (Å²) in [4.78, 5) is 11.5. The van der Waals surface area contributed by atoms with Gasteiger partial charge in [0.25, 0.3) is 0 Å². The molecule has 0 radical (unpaired) electrons. The van der Waals surface area contributed by atoms with E-state index in [-0.39, 0.29) is 24.1 Å². The van der Waals surface area contributed by atoms with Crippen LogP contribution >= 0.6 is 0 Å². The molecule has 100 valence electrons. The molecule has 0 aromatic heterocycles. The highest BCUT2D eigenvalue weighted by atomic mass is 16.6. The first-order valence-electron chi connectivity index (χ1n) is 6.31. The third-order valence-corrected chi connectivity index (χ3v) is 3.51. The minimum Gasteiger partial charge on any atom is -0.497 e. The number of epoxide rings is 1. The number of benzene rings is 1. The van der Waals surface area contributed by atoms with Gasteiger partial charge in [0.15, 0.2) is 5.78 Å². The molecule has 2 aliphatic rings. The quantitative estimate of drug-likeness (QED) is 0.775. The molecular weight excluding hydrogens is 244 g/mol. The summed E-state index contributed by atoms with van der Waals surface area (Å²) < 4.78 is 16.3. The van der Waals surface area contributed by atoms with Crippen LogP contribution < -0.4 is 4.74 Å². The second kappa shape index (κ2) is 4.79. The van der Waals surface area contributed by atoms with Gasteiger partial charge in [0.2, 0.25) is 0 Å². The molecule has 0 saturated carbocycles. The third kappa shape index (κ3) is 2.41. The molecule has 0 N–H and O–H groups in total. The molecule has 4 nitrogen and oxygen atoms in total. The molecule has 19 heavy (non-hydrogen) atoms. The Bertz CT molecular complexity index is 517. The predicted molar refractivity (Wildman–Crippen MR) is 69.0 cm³/mol. The molecule has 1 heterocycles. The van der Waals surface area contributed by atoms with Gasteiger partial charge in [-0.3, -0.25) is 4.79 Å². The van der Waals surface area contributed by atoms with E-state index in [9.17, 15) is 4.79 Å². The van der Waals surface area contributed by atoms with E-state index in [2.05, 4.69) is 0 Å². The van der Waals surface area contributed by atoms with Crippen molar-refractivity contribution < 1.29 is 19.0 Å². The fourth-order valence-electron chi connectivity index (χ4n) is 2.36. The second-order valence-electron chi connectivity index (χ2n) is 4.89. The number of hydrogen-bond acceptors (Lipinski definition) is 4. The van der Waals surface area contributed by atoms with Crippen LogP contribution in [0.15, 0.2) is 35.9 Å². The lowest BCUT2D eigenvalue weighted by Gasteiger charge is -2.19. The van der Waals surface area contributed by atoms with E-state index in [1.54, 1.807) is 13.2 Å². The SMILES string of the molecule is COc1ccc(CO[C@@H]2C(C)=CC(=O)[C@@H]3O[C@H]23)cc1. The summed E-state index contributed by atoms with van der Waals surface area (Å²) in [6, 6.07) is 7.75. The molecule has 0 unspecified atom stereocenters. The highest BCUT2D eigenvalue weighted by molar-refractivity contribution is 5.98. The second-order valence-corrected chi connectivity index (χ2v) is 4.89. The molecule has 0 bridgehead atoms. The lowest BCUT2D eigenvalue weighted by atomic mass is 9.97. The van der Waals surface area contributed by atoms with Gasteiger partial charge in [0, 0.05) is 0 Å². The van der Waals surface area contributed by atoms with Gasteiger partial charge < -0.3 is 14.2 Å². The molecule has 1 fully saturated rings. The van der Waals surface area contributed by atoms with Crippen LogP contribution in [0.5, 0.6) is 5.75 Å². The van der Waals surface area contributed by atoms with Crippen LogP contribution in [0.4, 0.5) is 0 Å². The summed E-state index contributed by atoms with van der Waals surface area (Å²) >= 11 is 0. The van der Waals surface area contributed by atoms with Gasteiger partial charge in [-0.05, 0) is 36.3 Å². The van der Waals surface area contributed by atoms with Crippen molar-refractivity contribution in [3.8, 4) is 5.75 Å². The van der Waals surface area contributed by atoms with E-state index in [0.29, 0.717) is 6.61 Å². The zero-order valence-corrected chi connectivity index (χ0v) is 11.0. The Hall–Kier alpha value is -1.65. The average Bonchev–Trinajstić information content (AvgIpc) is 3.20. The largest absolute Gasteiger partial charge is 0.497 e. The van der Waals surface area contributed by atoms with Crippen LogP contribution in [0.3, 0.4) is 0 Å². The molecule has 1 aliphatic heterocycles. The van der Waals surface area contributed by atoms with Crippen molar-refractivity contribution >= 4 is 5.78 Å². The molecule has 3 atom stereocenters. The summed E-state index contributed by atoms with van der Waals surface area (Å²) in [5.41, 5.74) is 2.01. The smallest absolute Gasteiger partial charge is 0.187 e. The molecule has 1 aliphatic carbocycles. The monoisotopic (exact) mass is 260 g/mol. The van der Waals surface area contributed by atoms with Crippen LogP contribution in [-0.4, -0.2) is 31.2 Å². The van der Waals surface area contributed by atoms with Crippen molar-refractivity contribution in [3.63, 3.8) is 0 Å². The molecule has 1 aromatic carbocycles. The van der Waals surface area contributed by atoms with Gasteiger partial charge in [0.05, 0.1) is 13.7 Å². The van der Waals surface area contributed by atoms with E-state index in [1.165, 1.54) is 0 Å². The zero-order chi connectivity index (χ0) is 13.4. The minimum absolute atomic E-state index is 0.0618. The van der Waals surface area contributed by atoms with E-state index in [1.807, 2.05) is 31.2 Å². The Morgan fingerprint density at radius 2 is 2.00 bits per heavy atom. The summed E-state index contributed by atoms with van der Waals surface area (Å²) in [6.45, 7) is 2.41. The van der Waals surface area contributed by atoms with Crippen LogP contribution in [0.2, 0.25) is 0 Å². The number of rotatable bonds is 4. The van der Waals surface area contributed by atoms with Crippen LogP contribution in [0, 0.1) is 0 Å². The molecule has 1 aromatic rings. The van der Waals surface area contributed by atoms with Crippen molar-refractivity contribution in [2.75, 3.05) is 7.11 Å². The van der Waals surface area contributed by atoms with E-state index >= 15 is 0 Å². The summed E-state index contributed by atoms with van der Waals surface area (Å²) in [7, 11) is 1.64. The van der Waals surface area contributed by atoms with Gasteiger partial charge in [-0.25, -0.2) is 0 Å². The van der Waals surface area contributed by atoms with Crippen LogP contribution in [0.1, 0.15) is 12.5 Å². The first-order valence-corrected chi connectivity index (χ1v) is 6.31. The zero-order valence-electron chi connectivity index (χ0n) is 11.0. The van der Waals surface area contributed by atoms with Gasteiger partial charge in [-0.15, -0.1) is 0 Å². The number of ether oxygens (including phenoxy) is 3. The van der Waals surface area contributed by atoms with Crippen molar-refractivity contribution in [2.45, 2.75) is 31.8 Å². The Morgan fingerprint density at radius 1 is 1.26 bits per heavy atom. The fraction of sp³-hybridized carbons (Fsp3) is 0.400. The van der Waals surface area contributed by atoms with E-state index in [0.717, 1.165) is 16.9 Å². The highest BCUT2D eigenvalue weighted by Gasteiger charge is 2.53. The number of fused-ring (bicyclic) bond motifs is 1. The first-order chi connectivity index (χ1) is 9.19. The minimum atomic E-state index is -0.274. The van der Waals surface area contributed by atoms with Crippen molar-refractivity contribution in [3.05, 3.63) is 41.5 Å².